The molecule has 0 bridgehead atoms. The number of benzene rings is 2. The van der Waals surface area contributed by atoms with Crippen LogP contribution in [0.25, 0.3) is 33.3 Å². The predicted molar refractivity (Wildman–Crippen MR) is 116 cm³/mol. The zero-order valence-corrected chi connectivity index (χ0v) is 16.3. The molecule has 0 aliphatic carbocycles. The SMILES string of the molecule is Clc1c(-c2nc(NCCN3CCCC3)c3ccccc3n2)[nH]c2ccccc12. The van der Waals surface area contributed by atoms with Gasteiger partial charge in [-0.2, -0.15) is 0 Å². The van der Waals surface area contributed by atoms with Gasteiger partial charge in [-0.1, -0.05) is 41.9 Å². The van der Waals surface area contributed by atoms with Gasteiger partial charge in [-0.15, -0.1) is 0 Å². The minimum atomic E-state index is 0.614. The molecule has 1 fully saturated rings. The molecule has 2 aromatic carbocycles. The Labute approximate surface area is 168 Å². The number of nitrogens with zero attached hydrogens (tertiary/aromatic N) is 3. The van der Waals surface area contributed by atoms with E-state index in [2.05, 4.69) is 21.3 Å². The van der Waals surface area contributed by atoms with Crippen molar-refractivity contribution in [3.8, 4) is 11.5 Å². The molecule has 5 nitrogen and oxygen atoms in total. The van der Waals surface area contributed by atoms with Gasteiger partial charge in [0, 0.05) is 29.4 Å². The van der Waals surface area contributed by atoms with E-state index in [-0.39, 0.29) is 0 Å². The first-order chi connectivity index (χ1) is 13.8. The molecule has 0 atom stereocenters. The van der Waals surface area contributed by atoms with Crippen LogP contribution in [0.1, 0.15) is 12.8 Å². The average Bonchev–Trinajstić information content (AvgIpc) is 3.36. The van der Waals surface area contributed by atoms with Crippen molar-refractivity contribution in [3.05, 3.63) is 53.6 Å². The molecule has 1 saturated heterocycles. The van der Waals surface area contributed by atoms with Crippen LogP contribution in [0.15, 0.2) is 48.5 Å². The Morgan fingerprint density at radius 1 is 0.964 bits per heavy atom. The normalized spacial score (nSPS) is 14.9. The van der Waals surface area contributed by atoms with Crippen LogP contribution in [-0.4, -0.2) is 46.0 Å². The second kappa shape index (κ2) is 7.41. The summed E-state index contributed by atoms with van der Waals surface area (Å²) >= 11 is 6.65. The zero-order valence-electron chi connectivity index (χ0n) is 15.6. The summed E-state index contributed by atoms with van der Waals surface area (Å²) in [5.41, 5.74) is 2.66. The number of rotatable bonds is 5. The first-order valence-electron chi connectivity index (χ1n) is 9.79. The van der Waals surface area contributed by atoms with Gasteiger partial charge in [-0.05, 0) is 44.1 Å². The number of fused-ring (bicyclic) bond motifs is 2. The summed E-state index contributed by atoms with van der Waals surface area (Å²) in [6.07, 6.45) is 2.61. The van der Waals surface area contributed by atoms with Crippen molar-refractivity contribution >= 4 is 39.2 Å². The van der Waals surface area contributed by atoms with Gasteiger partial charge in [0.15, 0.2) is 5.82 Å². The van der Waals surface area contributed by atoms with Crippen molar-refractivity contribution in [1.82, 2.24) is 19.9 Å². The number of H-pyrrole nitrogens is 1. The van der Waals surface area contributed by atoms with Gasteiger partial charge in [0.1, 0.15) is 11.5 Å². The van der Waals surface area contributed by atoms with E-state index in [1.165, 1.54) is 25.9 Å². The van der Waals surface area contributed by atoms with Crippen LogP contribution < -0.4 is 5.32 Å². The highest BCUT2D eigenvalue weighted by Crippen LogP contribution is 2.34. The third kappa shape index (κ3) is 3.21. The molecule has 5 rings (SSSR count). The first kappa shape index (κ1) is 17.5. The predicted octanol–water partition coefficient (Wildman–Crippen LogP) is 4.94. The lowest BCUT2D eigenvalue weighted by Crippen LogP contribution is -2.26. The number of anilines is 1. The summed E-state index contributed by atoms with van der Waals surface area (Å²) in [7, 11) is 0. The minimum Gasteiger partial charge on any atom is -0.368 e. The largest absolute Gasteiger partial charge is 0.368 e. The fourth-order valence-corrected chi connectivity index (χ4v) is 4.22. The zero-order chi connectivity index (χ0) is 18.9. The lowest BCUT2D eigenvalue weighted by Gasteiger charge is -2.16. The fourth-order valence-electron chi connectivity index (χ4n) is 3.92. The lowest BCUT2D eigenvalue weighted by atomic mass is 10.2. The summed E-state index contributed by atoms with van der Waals surface area (Å²) < 4.78 is 0. The number of hydrogen-bond donors (Lipinski definition) is 2. The molecule has 6 heteroatoms. The smallest absolute Gasteiger partial charge is 0.180 e. The molecule has 4 aromatic rings. The van der Waals surface area contributed by atoms with E-state index < -0.39 is 0 Å². The Morgan fingerprint density at radius 2 is 1.71 bits per heavy atom. The highest BCUT2D eigenvalue weighted by atomic mass is 35.5. The molecule has 1 aliphatic rings. The van der Waals surface area contributed by atoms with E-state index in [9.17, 15) is 0 Å². The molecule has 0 radical (unpaired) electrons. The van der Waals surface area contributed by atoms with Gasteiger partial charge in [0.05, 0.1) is 10.5 Å². The molecule has 0 unspecified atom stereocenters. The van der Waals surface area contributed by atoms with E-state index in [0.29, 0.717) is 10.8 Å². The number of aromatic nitrogens is 3. The van der Waals surface area contributed by atoms with Crippen LogP contribution in [0.4, 0.5) is 5.82 Å². The molecule has 0 spiro atoms. The highest BCUT2D eigenvalue weighted by molar-refractivity contribution is 6.38. The number of halogens is 1. The summed E-state index contributed by atoms with van der Waals surface area (Å²) in [6.45, 7) is 4.28. The van der Waals surface area contributed by atoms with Gasteiger partial charge in [-0.3, -0.25) is 0 Å². The summed E-state index contributed by atoms with van der Waals surface area (Å²) in [4.78, 5) is 15.5. The number of aromatic amines is 1. The van der Waals surface area contributed by atoms with Gasteiger partial charge < -0.3 is 15.2 Å². The van der Waals surface area contributed by atoms with E-state index in [1.54, 1.807) is 0 Å². The molecule has 0 saturated carbocycles. The molecule has 2 aromatic heterocycles. The standard InChI is InChI=1S/C22H22ClN5/c23-19-15-7-1-3-9-17(15)25-20(19)22-26-18-10-4-2-8-16(18)21(27-22)24-11-14-28-12-5-6-13-28/h1-4,7-10,25H,5-6,11-14H2,(H,24,26,27). The van der Waals surface area contributed by atoms with Crippen LogP contribution in [0.5, 0.6) is 0 Å². The summed E-state index contributed by atoms with van der Waals surface area (Å²) in [6, 6.07) is 16.1. The minimum absolute atomic E-state index is 0.614. The highest BCUT2D eigenvalue weighted by Gasteiger charge is 2.16. The molecule has 1 aliphatic heterocycles. The molecule has 28 heavy (non-hydrogen) atoms. The van der Waals surface area contributed by atoms with Crippen LogP contribution in [0.2, 0.25) is 5.02 Å². The Kier molecular flexibility index (Phi) is 4.63. The number of likely N-dealkylation sites (tertiary alicyclic amines) is 1. The van der Waals surface area contributed by atoms with Crippen molar-refractivity contribution < 1.29 is 0 Å². The number of hydrogen-bond acceptors (Lipinski definition) is 4. The van der Waals surface area contributed by atoms with Gasteiger partial charge in [0.2, 0.25) is 0 Å². The Hall–Kier alpha value is -2.63. The molecular weight excluding hydrogens is 370 g/mol. The fraction of sp³-hybridized carbons (Fsp3) is 0.273. The number of nitrogens with one attached hydrogen (secondary N) is 2. The van der Waals surface area contributed by atoms with Crippen LogP contribution >= 0.6 is 11.6 Å². The molecule has 3 heterocycles. The molecule has 142 valence electrons. The average molecular weight is 392 g/mol. The second-order valence-electron chi connectivity index (χ2n) is 7.25. The van der Waals surface area contributed by atoms with E-state index in [0.717, 1.165) is 46.4 Å². The lowest BCUT2D eigenvalue weighted by molar-refractivity contribution is 0.352. The van der Waals surface area contributed by atoms with Crippen molar-refractivity contribution in [1.29, 1.82) is 0 Å². The van der Waals surface area contributed by atoms with Crippen molar-refractivity contribution in [2.45, 2.75) is 12.8 Å². The molecule has 2 N–H and O–H groups in total. The second-order valence-corrected chi connectivity index (χ2v) is 7.63. The summed E-state index contributed by atoms with van der Waals surface area (Å²) in [5, 5.41) is 6.20. The van der Waals surface area contributed by atoms with Gasteiger partial charge >= 0.3 is 0 Å². The van der Waals surface area contributed by atoms with E-state index in [1.807, 2.05) is 42.5 Å². The maximum atomic E-state index is 6.65. The van der Waals surface area contributed by atoms with Gasteiger partial charge in [0.25, 0.3) is 0 Å². The molecular formula is C22H22ClN5. The third-order valence-corrected chi connectivity index (χ3v) is 5.78. The molecule has 0 amide bonds. The van der Waals surface area contributed by atoms with Crippen molar-refractivity contribution in [3.63, 3.8) is 0 Å². The van der Waals surface area contributed by atoms with E-state index >= 15 is 0 Å². The van der Waals surface area contributed by atoms with Gasteiger partial charge in [-0.25, -0.2) is 9.97 Å². The first-order valence-corrected chi connectivity index (χ1v) is 10.2. The van der Waals surface area contributed by atoms with Crippen LogP contribution in [0.3, 0.4) is 0 Å². The maximum absolute atomic E-state index is 6.65. The monoisotopic (exact) mass is 391 g/mol. The van der Waals surface area contributed by atoms with E-state index in [4.69, 9.17) is 21.6 Å². The number of para-hydroxylation sites is 2. The Morgan fingerprint density at radius 3 is 2.54 bits per heavy atom. The Bertz CT molecular complexity index is 1130. The van der Waals surface area contributed by atoms with Crippen LogP contribution in [-0.2, 0) is 0 Å². The van der Waals surface area contributed by atoms with Crippen LogP contribution in [0, 0.1) is 0 Å². The maximum Gasteiger partial charge on any atom is 0.180 e. The Balaban J connectivity index is 1.52. The van der Waals surface area contributed by atoms with Crippen molar-refractivity contribution in [2.75, 3.05) is 31.5 Å². The summed E-state index contributed by atoms with van der Waals surface area (Å²) in [5.74, 6) is 1.47. The van der Waals surface area contributed by atoms with Crippen molar-refractivity contribution in [2.24, 2.45) is 0 Å². The third-order valence-electron chi connectivity index (χ3n) is 5.39. The quantitative estimate of drug-likeness (QED) is 0.506. The topological polar surface area (TPSA) is 56.8 Å².